The number of nitrogens with two attached hydrogens (primary N) is 1. The molecule has 0 atom stereocenters. The molecule has 0 amide bonds. The minimum atomic E-state index is 0.562. The van der Waals surface area contributed by atoms with Gasteiger partial charge in [0.05, 0.1) is 17.3 Å². The topological polar surface area (TPSA) is 67.1 Å². The van der Waals surface area contributed by atoms with E-state index >= 15 is 0 Å². The molecule has 2 N–H and O–H groups in total. The third-order valence-corrected chi connectivity index (χ3v) is 2.95. The van der Waals surface area contributed by atoms with Gasteiger partial charge in [-0.05, 0) is 5.56 Å². The maximum absolute atomic E-state index is 9.34. The van der Waals surface area contributed by atoms with Gasteiger partial charge in [0.1, 0.15) is 11.9 Å². The van der Waals surface area contributed by atoms with Crippen molar-refractivity contribution in [3.8, 4) is 17.2 Å². The molecule has 0 bridgehead atoms. The fourth-order valence-electron chi connectivity index (χ4n) is 2.14. The van der Waals surface area contributed by atoms with Crippen LogP contribution in [0.1, 0.15) is 5.56 Å². The van der Waals surface area contributed by atoms with E-state index in [1.165, 1.54) is 0 Å². The molecule has 0 radical (unpaired) electrons. The van der Waals surface area contributed by atoms with Crippen LogP contribution in [0.3, 0.4) is 0 Å². The molecule has 4 heteroatoms. The summed E-state index contributed by atoms with van der Waals surface area (Å²) in [5.74, 6) is 0.565. The number of hydrogen-bond acceptors (Lipinski definition) is 3. The minimum Gasteiger partial charge on any atom is -0.384 e. The Morgan fingerprint density at radius 2 is 2.00 bits per heavy atom. The number of fused-ring (bicyclic) bond motifs is 1. The first-order valence-electron chi connectivity index (χ1n) is 5.52. The highest BCUT2D eigenvalue weighted by atomic mass is 15.0. The Kier molecular flexibility index (Phi) is 2.24. The standard InChI is InChI=1S/C14H10N4/c15-8-11-12-9-17-6-7-18(12)14(16)13(11)10-4-2-1-3-5-10/h1-7,9H,16H2. The highest BCUT2D eigenvalue weighted by Gasteiger charge is 2.17. The summed E-state index contributed by atoms with van der Waals surface area (Å²) in [6.45, 7) is 0. The van der Waals surface area contributed by atoms with E-state index in [0.29, 0.717) is 11.4 Å². The molecule has 0 spiro atoms. The van der Waals surface area contributed by atoms with Gasteiger partial charge >= 0.3 is 0 Å². The van der Waals surface area contributed by atoms with Gasteiger partial charge in [0.25, 0.3) is 0 Å². The second-order valence-corrected chi connectivity index (χ2v) is 3.94. The maximum Gasteiger partial charge on any atom is 0.117 e. The number of hydrogen-bond donors (Lipinski definition) is 1. The van der Waals surface area contributed by atoms with E-state index < -0.39 is 0 Å². The van der Waals surface area contributed by atoms with Gasteiger partial charge in [0.2, 0.25) is 0 Å². The molecule has 0 aliphatic heterocycles. The smallest absolute Gasteiger partial charge is 0.117 e. The number of nitrogen functional groups attached to an aromatic ring is 1. The minimum absolute atomic E-state index is 0.562. The molecule has 18 heavy (non-hydrogen) atoms. The predicted octanol–water partition coefficient (Wildman–Crippen LogP) is 2.46. The molecule has 2 heterocycles. The summed E-state index contributed by atoms with van der Waals surface area (Å²) < 4.78 is 1.79. The van der Waals surface area contributed by atoms with Crippen LogP contribution < -0.4 is 5.73 Å². The van der Waals surface area contributed by atoms with Gasteiger partial charge < -0.3 is 5.73 Å². The van der Waals surface area contributed by atoms with Crippen LogP contribution in [0.2, 0.25) is 0 Å². The highest BCUT2D eigenvalue weighted by molar-refractivity contribution is 5.89. The van der Waals surface area contributed by atoms with Crippen LogP contribution in [0.15, 0.2) is 48.9 Å². The molecule has 0 aliphatic rings. The quantitative estimate of drug-likeness (QED) is 0.703. The largest absolute Gasteiger partial charge is 0.384 e. The Balaban J connectivity index is 2.43. The molecular formula is C14H10N4. The number of nitriles is 1. The summed E-state index contributed by atoms with van der Waals surface area (Å²) in [6.07, 6.45) is 5.07. The van der Waals surface area contributed by atoms with Crippen molar-refractivity contribution in [2.75, 3.05) is 5.73 Å². The molecular weight excluding hydrogens is 224 g/mol. The van der Waals surface area contributed by atoms with E-state index in [1.807, 2.05) is 30.3 Å². The average Bonchev–Trinajstić information content (AvgIpc) is 2.73. The van der Waals surface area contributed by atoms with Gasteiger partial charge in [-0.3, -0.25) is 9.38 Å². The number of aromatic nitrogens is 2. The van der Waals surface area contributed by atoms with Crippen LogP contribution in [0, 0.1) is 11.3 Å². The molecule has 0 saturated carbocycles. The van der Waals surface area contributed by atoms with Crippen LogP contribution in [-0.2, 0) is 0 Å². The van der Waals surface area contributed by atoms with Crippen LogP contribution in [-0.4, -0.2) is 9.38 Å². The number of benzene rings is 1. The van der Waals surface area contributed by atoms with E-state index in [0.717, 1.165) is 16.6 Å². The maximum atomic E-state index is 9.34. The Hall–Kier alpha value is -2.80. The second kappa shape index (κ2) is 3.90. The molecule has 0 saturated heterocycles. The molecule has 3 rings (SSSR count). The summed E-state index contributed by atoms with van der Waals surface area (Å²) >= 11 is 0. The first kappa shape index (κ1) is 10.4. The number of anilines is 1. The van der Waals surface area contributed by atoms with Crippen molar-refractivity contribution in [3.63, 3.8) is 0 Å². The SMILES string of the molecule is N#Cc1c(-c2ccccc2)c(N)n2ccncc12. The van der Waals surface area contributed by atoms with Gasteiger partial charge in [-0.15, -0.1) is 0 Å². The first-order valence-corrected chi connectivity index (χ1v) is 5.52. The van der Waals surface area contributed by atoms with Crippen molar-refractivity contribution in [1.29, 1.82) is 5.26 Å². The van der Waals surface area contributed by atoms with Crippen molar-refractivity contribution in [2.24, 2.45) is 0 Å². The van der Waals surface area contributed by atoms with Gasteiger partial charge in [-0.1, -0.05) is 30.3 Å². The van der Waals surface area contributed by atoms with E-state index in [2.05, 4.69) is 11.1 Å². The summed E-state index contributed by atoms with van der Waals surface area (Å²) in [5, 5.41) is 9.34. The lowest BCUT2D eigenvalue weighted by Crippen LogP contribution is -1.93. The van der Waals surface area contributed by atoms with Gasteiger partial charge in [-0.25, -0.2) is 0 Å². The van der Waals surface area contributed by atoms with Crippen molar-refractivity contribution >= 4 is 11.3 Å². The Labute approximate surface area is 104 Å². The average molecular weight is 234 g/mol. The fourth-order valence-corrected chi connectivity index (χ4v) is 2.14. The van der Waals surface area contributed by atoms with Crippen LogP contribution in [0.25, 0.3) is 16.6 Å². The lowest BCUT2D eigenvalue weighted by atomic mass is 10.0. The van der Waals surface area contributed by atoms with E-state index in [1.54, 1.807) is 23.0 Å². The molecule has 3 aromatic rings. The summed E-state index contributed by atoms with van der Waals surface area (Å²) in [4.78, 5) is 4.04. The summed E-state index contributed by atoms with van der Waals surface area (Å²) in [5.41, 5.74) is 9.14. The molecule has 0 aliphatic carbocycles. The van der Waals surface area contributed by atoms with E-state index in [-0.39, 0.29) is 0 Å². The van der Waals surface area contributed by atoms with Gasteiger partial charge in [0.15, 0.2) is 0 Å². The van der Waals surface area contributed by atoms with Gasteiger partial charge in [-0.2, -0.15) is 5.26 Å². The molecule has 0 unspecified atom stereocenters. The highest BCUT2D eigenvalue weighted by Crippen LogP contribution is 2.33. The molecule has 2 aromatic heterocycles. The van der Waals surface area contributed by atoms with Crippen LogP contribution >= 0.6 is 0 Å². The van der Waals surface area contributed by atoms with Crippen molar-refractivity contribution in [3.05, 3.63) is 54.5 Å². The fraction of sp³-hybridized carbons (Fsp3) is 0. The first-order chi connectivity index (χ1) is 8.83. The summed E-state index contributed by atoms with van der Waals surface area (Å²) in [6, 6.07) is 11.9. The summed E-state index contributed by atoms with van der Waals surface area (Å²) in [7, 11) is 0. The third-order valence-electron chi connectivity index (χ3n) is 2.95. The number of nitrogens with zero attached hydrogens (tertiary/aromatic N) is 3. The zero-order valence-corrected chi connectivity index (χ0v) is 9.54. The lowest BCUT2D eigenvalue weighted by Gasteiger charge is -2.00. The van der Waals surface area contributed by atoms with Crippen LogP contribution in [0.4, 0.5) is 5.82 Å². The molecule has 1 aromatic carbocycles. The number of rotatable bonds is 1. The molecule has 86 valence electrons. The Morgan fingerprint density at radius 3 is 2.72 bits per heavy atom. The van der Waals surface area contributed by atoms with Crippen molar-refractivity contribution in [2.45, 2.75) is 0 Å². The zero-order chi connectivity index (χ0) is 12.5. The molecule has 4 nitrogen and oxygen atoms in total. The molecule has 0 fully saturated rings. The van der Waals surface area contributed by atoms with Crippen molar-refractivity contribution < 1.29 is 0 Å². The predicted molar refractivity (Wildman–Crippen MR) is 69.8 cm³/mol. The Bertz CT molecular complexity index is 751. The normalized spacial score (nSPS) is 10.4. The lowest BCUT2D eigenvalue weighted by molar-refractivity contribution is 1.15. The third kappa shape index (κ3) is 1.35. The second-order valence-electron chi connectivity index (χ2n) is 3.94. The van der Waals surface area contributed by atoms with E-state index in [9.17, 15) is 5.26 Å². The van der Waals surface area contributed by atoms with Gasteiger partial charge in [0, 0.05) is 18.0 Å². The monoisotopic (exact) mass is 234 g/mol. The van der Waals surface area contributed by atoms with Crippen molar-refractivity contribution in [1.82, 2.24) is 9.38 Å². The van der Waals surface area contributed by atoms with E-state index in [4.69, 9.17) is 5.73 Å². The van der Waals surface area contributed by atoms with Crippen LogP contribution in [0.5, 0.6) is 0 Å². The zero-order valence-electron chi connectivity index (χ0n) is 9.54. The Morgan fingerprint density at radius 1 is 1.22 bits per heavy atom.